The molecule has 1 aliphatic heterocycles. The summed E-state index contributed by atoms with van der Waals surface area (Å²) in [5, 5.41) is 0. The van der Waals surface area contributed by atoms with Crippen LogP contribution in [0.3, 0.4) is 0 Å². The van der Waals surface area contributed by atoms with Gasteiger partial charge in [-0.2, -0.15) is 0 Å². The summed E-state index contributed by atoms with van der Waals surface area (Å²) in [6.45, 7) is 0.699. The van der Waals surface area contributed by atoms with Crippen molar-refractivity contribution in [3.63, 3.8) is 0 Å². The van der Waals surface area contributed by atoms with E-state index >= 15 is 0 Å². The van der Waals surface area contributed by atoms with Crippen molar-refractivity contribution in [2.45, 2.75) is 13.0 Å². The molecular formula is C8H6O2. The zero-order chi connectivity index (χ0) is 6.55. The van der Waals surface area contributed by atoms with Crippen LogP contribution in [0.5, 0.6) is 0 Å². The van der Waals surface area contributed by atoms with Gasteiger partial charge in [0, 0.05) is 23.6 Å². The summed E-state index contributed by atoms with van der Waals surface area (Å²) in [6.07, 6.45) is 4.62. The normalized spacial score (nSPS) is 17.6. The molecule has 0 N–H and O–H groups in total. The van der Waals surface area contributed by atoms with Crippen LogP contribution in [0.15, 0.2) is 10.7 Å². The predicted octanol–water partition coefficient (Wildman–Crippen LogP) is 1.68. The summed E-state index contributed by atoms with van der Waals surface area (Å²) >= 11 is 0. The second kappa shape index (κ2) is 1.29. The highest BCUT2D eigenvalue weighted by Crippen LogP contribution is 2.39. The number of rotatable bonds is 0. The molecule has 50 valence electrons. The lowest BCUT2D eigenvalue weighted by Crippen LogP contribution is -1.93. The summed E-state index contributed by atoms with van der Waals surface area (Å²) in [5.41, 5.74) is 2.64. The molecule has 3 rings (SSSR count). The van der Waals surface area contributed by atoms with Crippen molar-refractivity contribution in [3.8, 4) is 0 Å². The van der Waals surface area contributed by atoms with Gasteiger partial charge in [0.25, 0.3) is 0 Å². The van der Waals surface area contributed by atoms with Crippen molar-refractivity contribution >= 4 is 6.08 Å². The molecule has 10 heavy (non-hydrogen) atoms. The van der Waals surface area contributed by atoms with Gasteiger partial charge in [0.05, 0.1) is 6.26 Å². The van der Waals surface area contributed by atoms with Crippen molar-refractivity contribution in [2.75, 3.05) is 0 Å². The highest BCUT2D eigenvalue weighted by Gasteiger charge is 2.30. The SMILES string of the molecule is C1=Cc2oc3c(c2CO1)C3. The summed E-state index contributed by atoms with van der Waals surface area (Å²) in [4.78, 5) is 0. The van der Waals surface area contributed by atoms with E-state index in [0.717, 1.165) is 17.9 Å². The van der Waals surface area contributed by atoms with E-state index in [1.54, 1.807) is 6.26 Å². The van der Waals surface area contributed by atoms with Crippen molar-refractivity contribution in [1.82, 2.24) is 0 Å². The Labute approximate surface area is 58.1 Å². The lowest BCUT2D eigenvalue weighted by Gasteiger charge is -2.05. The largest absolute Gasteiger partial charge is 0.496 e. The van der Waals surface area contributed by atoms with E-state index in [1.807, 2.05) is 6.08 Å². The van der Waals surface area contributed by atoms with E-state index in [2.05, 4.69) is 0 Å². The summed E-state index contributed by atoms with van der Waals surface area (Å²) in [5.74, 6) is 2.16. The van der Waals surface area contributed by atoms with Crippen LogP contribution in [0.25, 0.3) is 6.08 Å². The van der Waals surface area contributed by atoms with Gasteiger partial charge in [-0.15, -0.1) is 0 Å². The minimum absolute atomic E-state index is 0.699. The van der Waals surface area contributed by atoms with Crippen molar-refractivity contribution in [1.29, 1.82) is 0 Å². The van der Waals surface area contributed by atoms with Crippen LogP contribution >= 0.6 is 0 Å². The van der Waals surface area contributed by atoms with Gasteiger partial charge in [-0.3, -0.25) is 0 Å². The Bertz CT molecular complexity index is 320. The zero-order valence-electron chi connectivity index (χ0n) is 5.39. The molecular weight excluding hydrogens is 128 g/mol. The number of hydrogen-bond acceptors (Lipinski definition) is 2. The molecule has 0 atom stereocenters. The van der Waals surface area contributed by atoms with Gasteiger partial charge in [-0.25, -0.2) is 0 Å². The molecule has 0 bridgehead atoms. The van der Waals surface area contributed by atoms with Gasteiger partial charge in [0.15, 0.2) is 0 Å². The Morgan fingerprint density at radius 2 is 2.30 bits per heavy atom. The average Bonchev–Trinajstić information content (AvgIpc) is 2.64. The molecule has 0 fully saturated rings. The maximum atomic E-state index is 5.43. The second-order valence-corrected chi connectivity index (χ2v) is 2.64. The smallest absolute Gasteiger partial charge is 0.137 e. The molecule has 0 saturated carbocycles. The van der Waals surface area contributed by atoms with E-state index in [9.17, 15) is 0 Å². The highest BCUT2D eigenvalue weighted by molar-refractivity contribution is 5.58. The lowest BCUT2D eigenvalue weighted by atomic mass is 10.2. The van der Waals surface area contributed by atoms with Gasteiger partial charge < -0.3 is 9.15 Å². The molecule has 1 aromatic rings. The molecule has 1 aromatic heterocycles. The minimum Gasteiger partial charge on any atom is -0.496 e. The third-order valence-corrected chi connectivity index (χ3v) is 1.99. The highest BCUT2D eigenvalue weighted by atomic mass is 16.5. The standard InChI is InChI=1S/C8H6O2/c1-2-9-4-6-5-3-8(5)10-7(1)6/h1-2H,3-4H2. The molecule has 2 heteroatoms. The van der Waals surface area contributed by atoms with Crippen LogP contribution < -0.4 is 0 Å². The number of hydrogen-bond donors (Lipinski definition) is 0. The van der Waals surface area contributed by atoms with Crippen LogP contribution in [-0.4, -0.2) is 0 Å². The minimum atomic E-state index is 0.699. The summed E-state index contributed by atoms with van der Waals surface area (Å²) in [6, 6.07) is 0. The first-order chi connectivity index (χ1) is 4.95. The quantitative estimate of drug-likeness (QED) is 0.547. The molecule has 2 nitrogen and oxygen atoms in total. The van der Waals surface area contributed by atoms with Crippen molar-refractivity contribution in [2.24, 2.45) is 0 Å². The fourth-order valence-electron chi connectivity index (χ4n) is 1.37. The van der Waals surface area contributed by atoms with Gasteiger partial charge >= 0.3 is 0 Å². The van der Waals surface area contributed by atoms with Gasteiger partial charge in [-0.05, 0) is 0 Å². The van der Waals surface area contributed by atoms with Gasteiger partial charge in [0.2, 0.25) is 0 Å². The van der Waals surface area contributed by atoms with E-state index in [-0.39, 0.29) is 0 Å². The predicted molar refractivity (Wildman–Crippen MR) is 35.3 cm³/mol. The van der Waals surface area contributed by atoms with Gasteiger partial charge in [-0.1, -0.05) is 0 Å². The second-order valence-electron chi connectivity index (χ2n) is 2.64. The number of fused-ring (bicyclic) bond motifs is 3. The average molecular weight is 134 g/mol. The maximum absolute atomic E-state index is 5.43. The summed E-state index contributed by atoms with van der Waals surface area (Å²) < 4.78 is 10.6. The van der Waals surface area contributed by atoms with E-state index in [0.29, 0.717) is 6.61 Å². The number of ether oxygens (including phenoxy) is 1. The monoisotopic (exact) mass is 134 g/mol. The van der Waals surface area contributed by atoms with E-state index < -0.39 is 0 Å². The summed E-state index contributed by atoms with van der Waals surface area (Å²) in [7, 11) is 0. The van der Waals surface area contributed by atoms with Crippen molar-refractivity contribution < 1.29 is 9.15 Å². The molecule has 0 amide bonds. The van der Waals surface area contributed by atoms with E-state index in [4.69, 9.17) is 9.15 Å². The molecule has 2 aliphatic rings. The Morgan fingerprint density at radius 3 is 3.20 bits per heavy atom. The molecule has 0 aromatic carbocycles. The van der Waals surface area contributed by atoms with Crippen LogP contribution in [0.2, 0.25) is 0 Å². The van der Waals surface area contributed by atoms with Gasteiger partial charge in [0.1, 0.15) is 18.1 Å². The molecule has 0 spiro atoms. The third kappa shape index (κ3) is 0.407. The number of furan rings is 1. The Hall–Kier alpha value is -1.18. The Morgan fingerprint density at radius 1 is 1.30 bits per heavy atom. The van der Waals surface area contributed by atoms with Crippen LogP contribution in [-0.2, 0) is 17.8 Å². The third-order valence-electron chi connectivity index (χ3n) is 1.99. The van der Waals surface area contributed by atoms with Crippen molar-refractivity contribution in [3.05, 3.63) is 28.9 Å². The topological polar surface area (TPSA) is 22.4 Å². The Balaban J connectivity index is 2.29. The fourth-order valence-corrected chi connectivity index (χ4v) is 1.37. The van der Waals surface area contributed by atoms with Crippen LogP contribution in [0.4, 0.5) is 0 Å². The molecule has 0 saturated heterocycles. The fraction of sp³-hybridized carbons (Fsp3) is 0.250. The maximum Gasteiger partial charge on any atom is 0.137 e. The Kier molecular flexibility index (Phi) is 0.592. The van der Waals surface area contributed by atoms with Crippen LogP contribution in [0, 0.1) is 0 Å². The first kappa shape index (κ1) is 4.61. The molecule has 0 radical (unpaired) electrons. The first-order valence-electron chi connectivity index (χ1n) is 3.37. The first-order valence-corrected chi connectivity index (χ1v) is 3.37. The zero-order valence-corrected chi connectivity index (χ0v) is 5.39. The van der Waals surface area contributed by atoms with Crippen LogP contribution in [0.1, 0.15) is 22.6 Å². The van der Waals surface area contributed by atoms with E-state index in [1.165, 1.54) is 11.1 Å². The molecule has 2 heterocycles. The molecule has 0 unspecified atom stereocenters. The lowest BCUT2D eigenvalue weighted by molar-refractivity contribution is 0.230. The molecule has 1 aliphatic carbocycles.